The molecule has 0 bridgehead atoms. The summed E-state index contributed by atoms with van der Waals surface area (Å²) in [4.78, 5) is 16.8. The number of rotatable bonds is 2. The monoisotopic (exact) mass is 272 g/mol. The van der Waals surface area contributed by atoms with Crippen molar-refractivity contribution >= 4 is 5.65 Å². The summed E-state index contributed by atoms with van der Waals surface area (Å²) in [5, 5.41) is 0. The number of para-hydroxylation sites is 1. The minimum Gasteiger partial charge on any atom is -0.322 e. The lowest BCUT2D eigenvalue weighted by atomic mass is 10.2. The lowest BCUT2D eigenvalue weighted by Gasteiger charge is -2.15. The number of benzene rings is 1. The predicted molar refractivity (Wildman–Crippen MR) is 73.3 cm³/mol. The maximum Gasteiger partial charge on any atom is 0.342 e. The van der Waals surface area contributed by atoms with Crippen molar-refractivity contribution in [2.75, 3.05) is 0 Å². The maximum atomic E-state index is 13.7. The van der Waals surface area contributed by atoms with Gasteiger partial charge in [0.25, 0.3) is 0 Å². The van der Waals surface area contributed by atoms with Gasteiger partial charge >= 0.3 is 5.69 Å². The van der Waals surface area contributed by atoms with Crippen LogP contribution in [0.25, 0.3) is 11.3 Å². The first-order valence-corrected chi connectivity index (χ1v) is 6.20. The summed E-state index contributed by atoms with van der Waals surface area (Å²) in [6.45, 7) is 1.73. The Morgan fingerprint density at radius 3 is 2.55 bits per heavy atom. The Balaban J connectivity index is 2.45. The fraction of sp³-hybridized carbons (Fsp3) is 0.143. The van der Waals surface area contributed by atoms with E-state index in [-0.39, 0.29) is 5.65 Å². The van der Waals surface area contributed by atoms with E-state index in [0.717, 1.165) is 4.40 Å². The van der Waals surface area contributed by atoms with E-state index in [9.17, 15) is 9.18 Å². The van der Waals surface area contributed by atoms with Gasteiger partial charge in [0.15, 0.2) is 0 Å². The smallest absolute Gasteiger partial charge is 0.322 e. The fourth-order valence-corrected chi connectivity index (χ4v) is 2.17. The van der Waals surface area contributed by atoms with E-state index in [1.54, 1.807) is 31.2 Å². The topological polar surface area (TPSA) is 65.3 Å². The quantitative estimate of drug-likeness (QED) is 0.771. The Bertz CT molecular complexity index is 820. The molecule has 3 rings (SSSR count). The third kappa shape index (κ3) is 1.81. The van der Waals surface area contributed by atoms with Crippen molar-refractivity contribution in [3.05, 3.63) is 64.7 Å². The van der Waals surface area contributed by atoms with Gasteiger partial charge in [-0.05, 0) is 31.2 Å². The molecule has 0 radical (unpaired) electrons. The van der Waals surface area contributed by atoms with Gasteiger partial charge in [-0.3, -0.25) is 0 Å². The number of hydrogen-bond donors (Lipinski definition) is 1. The van der Waals surface area contributed by atoms with E-state index in [4.69, 9.17) is 5.73 Å². The first kappa shape index (κ1) is 12.6. The lowest BCUT2D eigenvalue weighted by molar-refractivity contribution is 0.549. The number of hydrogen-bond acceptors (Lipinski definition) is 3. The Morgan fingerprint density at radius 2 is 1.90 bits per heavy atom. The molecule has 0 saturated carbocycles. The Morgan fingerprint density at radius 1 is 1.20 bits per heavy atom. The minimum absolute atomic E-state index is 0.256. The van der Waals surface area contributed by atoms with Crippen LogP contribution in [0.1, 0.15) is 18.8 Å². The van der Waals surface area contributed by atoms with Crippen LogP contribution < -0.4 is 11.4 Å². The van der Waals surface area contributed by atoms with Crippen LogP contribution in [-0.4, -0.2) is 14.0 Å². The third-order valence-corrected chi connectivity index (χ3v) is 3.08. The van der Waals surface area contributed by atoms with Crippen LogP contribution in [0.4, 0.5) is 4.39 Å². The average molecular weight is 272 g/mol. The molecule has 2 N–H and O–H groups in total. The number of halogens is 1. The molecule has 5 nitrogen and oxygen atoms in total. The zero-order chi connectivity index (χ0) is 14.3. The normalized spacial score (nSPS) is 12.8. The highest BCUT2D eigenvalue weighted by Crippen LogP contribution is 2.14. The molecule has 6 heteroatoms. The van der Waals surface area contributed by atoms with Gasteiger partial charge in [-0.25, -0.2) is 18.7 Å². The highest BCUT2D eigenvalue weighted by Gasteiger charge is 2.17. The molecule has 1 atom stereocenters. The molecule has 0 fully saturated rings. The SMILES string of the molecule is CC(N)c1nc2ccc(F)n2c(=O)n1-c1ccccc1. The fourth-order valence-electron chi connectivity index (χ4n) is 2.17. The van der Waals surface area contributed by atoms with Crippen LogP contribution in [0.15, 0.2) is 47.3 Å². The first-order valence-electron chi connectivity index (χ1n) is 6.20. The summed E-state index contributed by atoms with van der Waals surface area (Å²) in [5.74, 6) is -0.245. The van der Waals surface area contributed by atoms with Crippen LogP contribution in [0, 0.1) is 5.95 Å². The van der Waals surface area contributed by atoms with Gasteiger partial charge < -0.3 is 5.73 Å². The number of fused-ring (bicyclic) bond motifs is 1. The molecule has 0 aliphatic rings. The highest BCUT2D eigenvalue weighted by atomic mass is 19.1. The molecule has 1 unspecified atom stereocenters. The predicted octanol–water partition coefficient (Wildman–Crippen LogP) is 1.64. The zero-order valence-corrected chi connectivity index (χ0v) is 10.8. The Kier molecular flexibility index (Phi) is 2.87. The van der Waals surface area contributed by atoms with Gasteiger partial charge in [0, 0.05) is 0 Å². The summed E-state index contributed by atoms with van der Waals surface area (Å²) in [7, 11) is 0. The van der Waals surface area contributed by atoms with Crippen LogP contribution >= 0.6 is 0 Å². The molecule has 0 aliphatic heterocycles. The molecule has 0 aliphatic carbocycles. The highest BCUT2D eigenvalue weighted by molar-refractivity contribution is 5.42. The maximum absolute atomic E-state index is 13.7. The van der Waals surface area contributed by atoms with E-state index in [0.29, 0.717) is 11.5 Å². The summed E-state index contributed by atoms with van der Waals surface area (Å²) >= 11 is 0. The second-order valence-electron chi connectivity index (χ2n) is 4.56. The van der Waals surface area contributed by atoms with Crippen molar-refractivity contribution in [2.24, 2.45) is 5.73 Å². The van der Waals surface area contributed by atoms with E-state index < -0.39 is 17.7 Å². The molecule has 20 heavy (non-hydrogen) atoms. The molecule has 0 amide bonds. The number of nitrogens with two attached hydrogens (primary N) is 1. The lowest BCUT2D eigenvalue weighted by Crippen LogP contribution is -2.32. The Labute approximate surface area is 114 Å². The van der Waals surface area contributed by atoms with E-state index in [2.05, 4.69) is 4.98 Å². The van der Waals surface area contributed by atoms with Gasteiger partial charge in [0.05, 0.1) is 11.7 Å². The van der Waals surface area contributed by atoms with Gasteiger partial charge in [0.2, 0.25) is 5.95 Å². The number of aromatic nitrogens is 3. The average Bonchev–Trinajstić information content (AvgIpc) is 2.81. The van der Waals surface area contributed by atoms with Crippen molar-refractivity contribution in [2.45, 2.75) is 13.0 Å². The second kappa shape index (κ2) is 4.57. The van der Waals surface area contributed by atoms with E-state index >= 15 is 0 Å². The molecular weight excluding hydrogens is 259 g/mol. The van der Waals surface area contributed by atoms with E-state index in [1.807, 2.05) is 6.07 Å². The van der Waals surface area contributed by atoms with Crippen LogP contribution in [0.2, 0.25) is 0 Å². The van der Waals surface area contributed by atoms with Crippen LogP contribution in [-0.2, 0) is 0 Å². The van der Waals surface area contributed by atoms with Crippen molar-refractivity contribution in [1.29, 1.82) is 0 Å². The van der Waals surface area contributed by atoms with Crippen molar-refractivity contribution in [3.8, 4) is 5.69 Å². The summed E-state index contributed by atoms with van der Waals surface area (Å²) in [6, 6.07) is 11.1. The molecule has 0 spiro atoms. The standard InChI is InChI=1S/C14H13FN4O/c1-9(16)13-17-12-8-7-11(15)19(12)14(20)18(13)10-5-3-2-4-6-10/h2-9H,16H2,1H3. The van der Waals surface area contributed by atoms with Gasteiger partial charge in [-0.2, -0.15) is 4.39 Å². The van der Waals surface area contributed by atoms with Crippen molar-refractivity contribution in [1.82, 2.24) is 14.0 Å². The minimum atomic E-state index is -0.640. The molecular formula is C14H13FN4O. The zero-order valence-electron chi connectivity index (χ0n) is 10.8. The van der Waals surface area contributed by atoms with Crippen LogP contribution in [0.5, 0.6) is 0 Å². The summed E-state index contributed by atoms with van der Waals surface area (Å²) in [5.41, 5.74) is 6.24. The van der Waals surface area contributed by atoms with Crippen molar-refractivity contribution < 1.29 is 4.39 Å². The largest absolute Gasteiger partial charge is 0.342 e. The number of nitrogens with zero attached hydrogens (tertiary/aromatic N) is 3. The van der Waals surface area contributed by atoms with Gasteiger partial charge in [-0.1, -0.05) is 18.2 Å². The molecule has 0 saturated heterocycles. The second-order valence-corrected chi connectivity index (χ2v) is 4.56. The van der Waals surface area contributed by atoms with Crippen LogP contribution in [0.3, 0.4) is 0 Å². The first-order chi connectivity index (χ1) is 9.59. The summed E-state index contributed by atoms with van der Waals surface area (Å²) < 4.78 is 16.0. The van der Waals surface area contributed by atoms with Crippen molar-refractivity contribution in [3.63, 3.8) is 0 Å². The third-order valence-electron chi connectivity index (χ3n) is 3.08. The Hall–Kier alpha value is -2.47. The molecule has 2 heterocycles. The molecule has 2 aromatic heterocycles. The van der Waals surface area contributed by atoms with Gasteiger partial charge in [-0.15, -0.1) is 0 Å². The molecule has 3 aromatic rings. The molecule has 102 valence electrons. The molecule has 1 aromatic carbocycles. The summed E-state index contributed by atoms with van der Waals surface area (Å²) in [6.07, 6.45) is 0. The van der Waals surface area contributed by atoms with E-state index in [1.165, 1.54) is 16.7 Å². The van der Waals surface area contributed by atoms with Gasteiger partial charge in [0.1, 0.15) is 11.5 Å².